The minimum Gasteiger partial charge on any atom is -2.00 e. The summed E-state index contributed by atoms with van der Waals surface area (Å²) in [5.74, 6) is 0. The van der Waals surface area contributed by atoms with Gasteiger partial charge in [0, 0.05) is 0 Å². The molecule has 0 saturated heterocycles. The van der Waals surface area contributed by atoms with Gasteiger partial charge in [-0.05, 0) is 6.16 Å². The molecular formula is CCoK2La2O7. The summed E-state index contributed by atoms with van der Waals surface area (Å²) in [6, 6.07) is 0. The van der Waals surface area contributed by atoms with Crippen molar-refractivity contribution in [2.24, 2.45) is 0 Å². The number of carboxylic acid groups (broad SMARTS) is 2. The molecule has 0 aliphatic heterocycles. The third kappa shape index (κ3) is 145. The van der Waals surface area contributed by atoms with Gasteiger partial charge in [0.05, 0.1) is 0 Å². The Morgan fingerprint density at radius 2 is 0.769 bits per heavy atom. The van der Waals surface area contributed by atoms with E-state index in [0.717, 1.165) is 0 Å². The third-order valence-electron chi connectivity index (χ3n) is 0. The summed E-state index contributed by atoms with van der Waals surface area (Å²) < 4.78 is 0. The van der Waals surface area contributed by atoms with Gasteiger partial charge in [0.25, 0.3) is 0 Å². The first-order valence-electron chi connectivity index (χ1n) is 0.612. The van der Waals surface area contributed by atoms with Crippen LogP contribution >= 0.6 is 0 Å². The van der Waals surface area contributed by atoms with Crippen LogP contribution in [-0.2, 0) is 38.7 Å². The second-order valence-electron chi connectivity index (χ2n) is 0.250. The maximum Gasteiger partial charge on any atom is 3.00 e. The number of hydrogen-bond donors (Lipinski definition) is 0. The van der Waals surface area contributed by atoms with Crippen molar-refractivity contribution >= 4 is 6.16 Å². The minimum absolute atomic E-state index is 0. The van der Waals surface area contributed by atoms with E-state index in [0.29, 0.717) is 0 Å². The Kier molecular flexibility index (Phi) is 409. The van der Waals surface area contributed by atoms with Crippen molar-refractivity contribution in [3.63, 3.8) is 0 Å². The fourth-order valence-corrected chi connectivity index (χ4v) is 0. The van der Waals surface area contributed by atoms with Crippen LogP contribution in [0.1, 0.15) is 0 Å². The monoisotopic (exact) mass is 539 g/mol. The standard InChI is InChI=1S/CH2O3.Co.2K.2La.4O/c2-1(3)4;;;;;;;;;/h(H2,2,3,4);;;;;;;;;/q;+2;2*+1;2*+3;4*-2/p-2. The van der Waals surface area contributed by atoms with Crippen LogP contribution in [-0.4, -0.2) is 6.16 Å². The van der Waals surface area contributed by atoms with Crippen LogP contribution in [0.15, 0.2) is 0 Å². The van der Waals surface area contributed by atoms with Gasteiger partial charge < -0.3 is 36.9 Å². The average Bonchev–Trinajstić information content (AvgIpc) is 0.811. The van der Waals surface area contributed by atoms with E-state index in [2.05, 4.69) is 0 Å². The zero-order valence-electron chi connectivity index (χ0n) is 6.85. The normalized spacial score (nSPS) is 1.85. The maximum atomic E-state index is 8.33. The summed E-state index contributed by atoms with van der Waals surface area (Å²) in [6.07, 6.45) is -2.33. The van der Waals surface area contributed by atoms with E-state index in [-0.39, 0.29) is 213 Å². The molecular weight excluding hydrogens is 539 g/mol. The molecule has 12 heteroatoms. The molecule has 0 heterocycles. The minimum atomic E-state index is -2.33. The fraction of sp³-hybridized carbons (Fsp3) is 0. The molecule has 0 fully saturated rings. The van der Waals surface area contributed by atoms with Crippen LogP contribution in [0, 0.1) is 71.2 Å². The molecule has 0 spiro atoms. The van der Waals surface area contributed by atoms with E-state index >= 15 is 0 Å². The second-order valence-corrected chi connectivity index (χ2v) is 0.250. The Labute approximate surface area is 227 Å². The van der Waals surface area contributed by atoms with Crippen LogP contribution in [0.2, 0.25) is 0 Å². The van der Waals surface area contributed by atoms with Gasteiger partial charge in [0.2, 0.25) is 0 Å². The van der Waals surface area contributed by atoms with Crippen LogP contribution < -0.4 is 113 Å². The van der Waals surface area contributed by atoms with Crippen LogP contribution in [0.3, 0.4) is 0 Å². The van der Waals surface area contributed by atoms with Gasteiger partial charge in [-0.2, -0.15) is 0 Å². The number of rotatable bonds is 0. The topological polar surface area (TPSA) is 177 Å². The van der Waals surface area contributed by atoms with Crippen LogP contribution in [0.5, 0.6) is 0 Å². The van der Waals surface area contributed by atoms with Gasteiger partial charge in [-0.25, -0.2) is 0 Å². The van der Waals surface area contributed by atoms with Crippen molar-refractivity contribution in [1.82, 2.24) is 0 Å². The van der Waals surface area contributed by atoms with Gasteiger partial charge >= 0.3 is 191 Å². The maximum absolute atomic E-state index is 8.33. The van der Waals surface area contributed by atoms with Crippen molar-refractivity contribution in [1.29, 1.82) is 0 Å². The van der Waals surface area contributed by atoms with Gasteiger partial charge in [-0.3, -0.25) is 0 Å². The summed E-state index contributed by atoms with van der Waals surface area (Å²) in [7, 11) is 0. The molecule has 0 N–H and O–H groups in total. The van der Waals surface area contributed by atoms with Gasteiger partial charge in [-0.1, -0.05) is 0 Å². The molecule has 0 atom stereocenters. The SMILES string of the molecule is O=C([O-])[O-].[Co+2].[K+].[K+].[La+3].[La+3].[O-2].[O-2].[O-2].[O-2]. The Morgan fingerprint density at radius 1 is 0.769 bits per heavy atom. The molecule has 0 rings (SSSR count). The first-order chi connectivity index (χ1) is 1.73. The summed E-state index contributed by atoms with van der Waals surface area (Å²) >= 11 is 0. The van der Waals surface area contributed by atoms with E-state index in [9.17, 15) is 0 Å². The second kappa shape index (κ2) is 66.8. The van der Waals surface area contributed by atoms with Crippen molar-refractivity contribution < 1.29 is 228 Å². The average molecular weight is 539 g/mol. The zero-order valence-corrected chi connectivity index (χ0v) is 21.4. The summed E-state index contributed by atoms with van der Waals surface area (Å²) in [5, 5.41) is 16.7. The largest absolute Gasteiger partial charge is 3.00 e. The molecule has 0 saturated carbocycles. The predicted octanol–water partition coefficient (Wildman–Crippen LogP) is -8.92. The summed E-state index contributed by atoms with van der Waals surface area (Å²) in [6.45, 7) is 0. The zero-order chi connectivity index (χ0) is 3.58. The van der Waals surface area contributed by atoms with E-state index in [1.807, 2.05) is 0 Å². The van der Waals surface area contributed by atoms with E-state index in [1.54, 1.807) is 0 Å². The molecule has 63 valence electrons. The molecule has 0 aromatic heterocycles. The number of hydrogen-bond acceptors (Lipinski definition) is 3. The van der Waals surface area contributed by atoms with Crippen LogP contribution in [0.4, 0.5) is 4.79 Å². The molecule has 0 aromatic rings. The first kappa shape index (κ1) is 79.6. The van der Waals surface area contributed by atoms with E-state index in [1.165, 1.54) is 0 Å². The quantitative estimate of drug-likeness (QED) is 0.279. The molecule has 0 aliphatic rings. The van der Waals surface area contributed by atoms with Crippen molar-refractivity contribution in [2.75, 3.05) is 0 Å². The van der Waals surface area contributed by atoms with Gasteiger partial charge in [-0.15, -0.1) is 0 Å². The molecule has 7 nitrogen and oxygen atoms in total. The van der Waals surface area contributed by atoms with Crippen molar-refractivity contribution in [3.05, 3.63) is 0 Å². The Bertz CT molecular complexity index is 47.5. The molecule has 0 bridgehead atoms. The molecule has 0 unspecified atom stereocenters. The van der Waals surface area contributed by atoms with Gasteiger partial charge in [0.15, 0.2) is 0 Å². The van der Waals surface area contributed by atoms with Gasteiger partial charge in [0.1, 0.15) is 0 Å². The first-order valence-corrected chi connectivity index (χ1v) is 0.612. The fourth-order valence-electron chi connectivity index (χ4n) is 0. The Hall–Kier alpha value is 5.28. The van der Waals surface area contributed by atoms with Crippen LogP contribution in [0.25, 0.3) is 0 Å². The Balaban J connectivity index is -0.00000000125. The van der Waals surface area contributed by atoms with E-state index < -0.39 is 6.16 Å². The third-order valence-corrected chi connectivity index (χ3v) is 0. The van der Waals surface area contributed by atoms with Crippen molar-refractivity contribution in [3.8, 4) is 0 Å². The number of carbonyl (C=O) groups is 1. The number of carbonyl (C=O) groups excluding carboxylic acids is 1. The predicted molar refractivity (Wildman–Crippen MR) is 8.14 cm³/mol. The summed E-state index contributed by atoms with van der Waals surface area (Å²) in [4.78, 5) is 8.33. The molecule has 1 radical (unpaired) electrons. The van der Waals surface area contributed by atoms with Crippen molar-refractivity contribution in [2.45, 2.75) is 0 Å². The smallest absolute Gasteiger partial charge is 2.00 e. The molecule has 0 aliphatic carbocycles. The molecule has 0 aromatic carbocycles. The Morgan fingerprint density at radius 3 is 0.769 bits per heavy atom. The summed E-state index contributed by atoms with van der Waals surface area (Å²) in [5.41, 5.74) is 0. The molecule has 13 heavy (non-hydrogen) atoms. The van der Waals surface area contributed by atoms with E-state index in [4.69, 9.17) is 15.0 Å². The molecule has 0 amide bonds.